The lowest BCUT2D eigenvalue weighted by Gasteiger charge is -2.33. The van der Waals surface area contributed by atoms with E-state index in [1.807, 2.05) is 24.4 Å². The highest BCUT2D eigenvalue weighted by Gasteiger charge is 2.24. The van der Waals surface area contributed by atoms with Crippen LogP contribution in [0.15, 0.2) is 30.5 Å². The highest BCUT2D eigenvalue weighted by atomic mass is 35.5. The van der Waals surface area contributed by atoms with Gasteiger partial charge in [-0.3, -0.25) is 4.90 Å². The lowest BCUT2D eigenvalue weighted by molar-refractivity contribution is 0.148. The Labute approximate surface area is 130 Å². The summed E-state index contributed by atoms with van der Waals surface area (Å²) in [5.41, 5.74) is 2.16. The second kappa shape index (κ2) is 7.84. The number of halogens is 3. The fourth-order valence-electron chi connectivity index (χ4n) is 2.74. The van der Waals surface area contributed by atoms with E-state index in [2.05, 4.69) is 21.3 Å². The second-order valence-electron chi connectivity index (χ2n) is 4.75. The van der Waals surface area contributed by atoms with Crippen molar-refractivity contribution in [3.8, 4) is 0 Å². The first-order valence-corrected chi connectivity index (χ1v) is 6.47. The monoisotopic (exact) mass is 319 g/mol. The van der Waals surface area contributed by atoms with E-state index in [9.17, 15) is 4.39 Å². The van der Waals surface area contributed by atoms with E-state index in [0.717, 1.165) is 42.6 Å². The molecule has 0 spiro atoms. The average molecular weight is 320 g/mol. The van der Waals surface area contributed by atoms with Crippen molar-refractivity contribution in [2.24, 2.45) is 0 Å². The molecule has 0 radical (unpaired) electrons. The third-order valence-corrected chi connectivity index (χ3v) is 3.72. The summed E-state index contributed by atoms with van der Waals surface area (Å²) in [6.07, 6.45) is 1.96. The maximum atomic E-state index is 13.5. The fourth-order valence-corrected chi connectivity index (χ4v) is 2.74. The number of aromatic amines is 1. The Morgan fingerprint density at radius 2 is 1.85 bits per heavy atom. The molecule has 1 fully saturated rings. The zero-order chi connectivity index (χ0) is 12.4. The largest absolute Gasteiger partial charge is 0.361 e. The van der Waals surface area contributed by atoms with Crippen molar-refractivity contribution < 1.29 is 4.39 Å². The number of H-pyrrole nitrogens is 1. The van der Waals surface area contributed by atoms with Crippen LogP contribution in [0.3, 0.4) is 0 Å². The van der Waals surface area contributed by atoms with Crippen LogP contribution >= 0.6 is 24.8 Å². The first-order valence-electron chi connectivity index (χ1n) is 6.47. The van der Waals surface area contributed by atoms with Gasteiger partial charge in [-0.2, -0.15) is 0 Å². The molecule has 0 aliphatic carbocycles. The topological polar surface area (TPSA) is 31.1 Å². The van der Waals surface area contributed by atoms with Crippen LogP contribution in [0.5, 0.6) is 0 Å². The smallest absolute Gasteiger partial charge is 0.109 e. The molecular formula is C14H20Cl2FN3. The van der Waals surface area contributed by atoms with E-state index in [-0.39, 0.29) is 37.5 Å². The van der Waals surface area contributed by atoms with E-state index in [0.29, 0.717) is 0 Å². The van der Waals surface area contributed by atoms with Gasteiger partial charge < -0.3 is 10.3 Å². The van der Waals surface area contributed by atoms with Crippen LogP contribution < -0.4 is 5.32 Å². The zero-order valence-electron chi connectivity index (χ0n) is 11.1. The van der Waals surface area contributed by atoms with Gasteiger partial charge in [-0.05, 0) is 11.6 Å². The molecular weight excluding hydrogens is 300 g/mol. The predicted octanol–water partition coefficient (Wildman–Crippen LogP) is 2.93. The van der Waals surface area contributed by atoms with Gasteiger partial charge in [0.15, 0.2) is 0 Å². The summed E-state index contributed by atoms with van der Waals surface area (Å²) in [6.45, 7) is 3.38. The summed E-state index contributed by atoms with van der Waals surface area (Å²) < 4.78 is 13.5. The van der Waals surface area contributed by atoms with Gasteiger partial charge in [0.1, 0.15) is 6.67 Å². The van der Waals surface area contributed by atoms with Crippen LogP contribution in [0.25, 0.3) is 10.9 Å². The molecule has 6 heteroatoms. The molecule has 2 aromatic rings. The Balaban J connectivity index is 0.000001000. The fraction of sp³-hybridized carbons (Fsp3) is 0.429. The van der Waals surface area contributed by atoms with E-state index in [1.165, 1.54) is 0 Å². The molecule has 1 aromatic heterocycles. The average Bonchev–Trinajstić information content (AvgIpc) is 2.85. The van der Waals surface area contributed by atoms with Crippen molar-refractivity contribution in [3.05, 3.63) is 36.0 Å². The second-order valence-corrected chi connectivity index (χ2v) is 4.75. The number of aromatic nitrogens is 1. The Bertz CT molecular complexity index is 526. The van der Waals surface area contributed by atoms with Gasteiger partial charge in [0.25, 0.3) is 0 Å². The number of benzene rings is 1. The van der Waals surface area contributed by atoms with Crippen LogP contribution in [0, 0.1) is 0 Å². The van der Waals surface area contributed by atoms with Crippen molar-refractivity contribution in [3.63, 3.8) is 0 Å². The minimum atomic E-state index is -0.332. The molecule has 2 heterocycles. The molecule has 20 heavy (non-hydrogen) atoms. The van der Waals surface area contributed by atoms with E-state index in [4.69, 9.17) is 0 Å². The van der Waals surface area contributed by atoms with E-state index < -0.39 is 0 Å². The number of rotatable bonds is 3. The van der Waals surface area contributed by atoms with Crippen molar-refractivity contribution in [2.45, 2.75) is 6.04 Å². The van der Waals surface area contributed by atoms with Crippen LogP contribution in [0.4, 0.5) is 4.39 Å². The lowest BCUT2D eigenvalue weighted by Crippen LogP contribution is -2.45. The summed E-state index contributed by atoms with van der Waals surface area (Å²) >= 11 is 0. The Morgan fingerprint density at radius 1 is 1.15 bits per heavy atom. The van der Waals surface area contributed by atoms with Gasteiger partial charge in [0, 0.05) is 43.3 Å². The van der Waals surface area contributed by atoms with Gasteiger partial charge in [0.2, 0.25) is 0 Å². The number of fused-ring (bicyclic) bond motifs is 1. The summed E-state index contributed by atoms with van der Waals surface area (Å²) in [7, 11) is 0. The number of hydrogen-bond acceptors (Lipinski definition) is 2. The predicted molar refractivity (Wildman–Crippen MR) is 86.0 cm³/mol. The van der Waals surface area contributed by atoms with Crippen LogP contribution in [0.1, 0.15) is 11.6 Å². The maximum Gasteiger partial charge on any atom is 0.109 e. The van der Waals surface area contributed by atoms with Crippen molar-refractivity contribution in [2.75, 3.05) is 32.9 Å². The molecule has 112 valence electrons. The van der Waals surface area contributed by atoms with Crippen molar-refractivity contribution in [1.29, 1.82) is 0 Å². The third-order valence-electron chi connectivity index (χ3n) is 3.72. The summed E-state index contributed by atoms with van der Waals surface area (Å²) in [5.74, 6) is 0. The molecule has 1 aromatic carbocycles. The molecule has 2 N–H and O–H groups in total. The number of alkyl halides is 1. The number of piperazine rings is 1. The molecule has 0 amide bonds. The standard InChI is InChI=1S/C14H18FN3.2ClH/c15-9-14(18-7-5-16-6-8-18)12-10-17-13-4-2-1-3-11(12)13;;/h1-4,10,14,16-17H,5-9H2;2*1H/t14-;;/m0../s1. The molecule has 1 aliphatic rings. The Morgan fingerprint density at radius 3 is 2.55 bits per heavy atom. The number of nitrogens with one attached hydrogen (secondary N) is 2. The first kappa shape index (κ1) is 17.2. The molecule has 0 saturated carbocycles. The molecule has 1 aliphatic heterocycles. The minimum absolute atomic E-state index is 0. The lowest BCUT2D eigenvalue weighted by atomic mass is 10.0. The SMILES string of the molecule is Cl.Cl.FC[C@@H](c1c[nH]c2ccccc12)N1CCNCC1. The van der Waals surface area contributed by atoms with E-state index >= 15 is 0 Å². The number of para-hydroxylation sites is 1. The van der Waals surface area contributed by atoms with Gasteiger partial charge >= 0.3 is 0 Å². The highest BCUT2D eigenvalue weighted by Crippen LogP contribution is 2.28. The highest BCUT2D eigenvalue weighted by molar-refractivity contribution is 5.85. The van der Waals surface area contributed by atoms with Crippen LogP contribution in [0.2, 0.25) is 0 Å². The summed E-state index contributed by atoms with van der Waals surface area (Å²) in [6, 6.07) is 7.98. The van der Waals surface area contributed by atoms with Crippen molar-refractivity contribution >= 4 is 35.7 Å². The summed E-state index contributed by atoms with van der Waals surface area (Å²) in [5, 5.41) is 4.44. The van der Waals surface area contributed by atoms with Crippen LogP contribution in [-0.2, 0) is 0 Å². The molecule has 1 atom stereocenters. The molecule has 1 saturated heterocycles. The number of hydrogen-bond donors (Lipinski definition) is 2. The first-order chi connectivity index (χ1) is 8.90. The Hall–Kier alpha value is -0.810. The zero-order valence-corrected chi connectivity index (χ0v) is 12.8. The molecule has 0 bridgehead atoms. The van der Waals surface area contributed by atoms with Crippen molar-refractivity contribution in [1.82, 2.24) is 15.2 Å². The summed E-state index contributed by atoms with van der Waals surface area (Å²) in [4.78, 5) is 5.46. The quantitative estimate of drug-likeness (QED) is 0.911. The normalized spacial score (nSPS) is 17.2. The number of nitrogens with zero attached hydrogens (tertiary/aromatic N) is 1. The van der Waals surface area contributed by atoms with Gasteiger partial charge in [-0.25, -0.2) is 4.39 Å². The van der Waals surface area contributed by atoms with E-state index in [1.54, 1.807) is 0 Å². The van der Waals surface area contributed by atoms with Gasteiger partial charge in [-0.15, -0.1) is 24.8 Å². The van der Waals surface area contributed by atoms with Crippen LogP contribution in [-0.4, -0.2) is 42.7 Å². The van der Waals surface area contributed by atoms with Gasteiger partial charge in [0.05, 0.1) is 6.04 Å². The minimum Gasteiger partial charge on any atom is -0.361 e. The molecule has 0 unspecified atom stereocenters. The maximum absolute atomic E-state index is 13.5. The molecule has 3 rings (SSSR count). The molecule has 3 nitrogen and oxygen atoms in total. The third kappa shape index (κ3) is 3.26. The van der Waals surface area contributed by atoms with Gasteiger partial charge in [-0.1, -0.05) is 18.2 Å². The Kier molecular flexibility index (Phi) is 6.76.